The minimum atomic E-state index is -2.94. The molecule has 2 heterocycles. The van der Waals surface area contributed by atoms with Gasteiger partial charge < -0.3 is 25.3 Å². The summed E-state index contributed by atoms with van der Waals surface area (Å²) in [6.45, 7) is 12.1. The van der Waals surface area contributed by atoms with Crippen LogP contribution in [-0.4, -0.2) is 78.9 Å². The van der Waals surface area contributed by atoms with E-state index in [2.05, 4.69) is 61.0 Å². The molecule has 0 spiro atoms. The Hall–Kier alpha value is -4.87. The third-order valence-electron chi connectivity index (χ3n) is 11.3. The smallest absolute Gasteiger partial charge is 0.262 e. The molecule has 2 saturated heterocycles. The lowest BCUT2D eigenvalue weighted by Gasteiger charge is -2.44. The summed E-state index contributed by atoms with van der Waals surface area (Å²) in [5, 5.41) is 10.7. The Morgan fingerprint density at radius 3 is 2.05 bits per heavy atom. The van der Waals surface area contributed by atoms with Crippen LogP contribution in [0.1, 0.15) is 85.6 Å². The largest absolute Gasteiger partial charge is 0.397 e. The Morgan fingerprint density at radius 2 is 1.48 bits per heavy atom. The second-order valence-electron chi connectivity index (χ2n) is 16.3. The summed E-state index contributed by atoms with van der Waals surface area (Å²) in [7, 11) is -2.94. The van der Waals surface area contributed by atoms with Crippen molar-refractivity contribution in [2.45, 2.75) is 121 Å². The molecular weight excluding hydrogens is 721 g/mol. The van der Waals surface area contributed by atoms with Gasteiger partial charge in [-0.3, -0.25) is 24.0 Å². The minimum absolute atomic E-state index is 0.156. The third-order valence-corrected chi connectivity index (χ3v) is 16.4. The van der Waals surface area contributed by atoms with Crippen LogP contribution in [0.5, 0.6) is 0 Å². The molecule has 56 heavy (non-hydrogen) atoms. The van der Waals surface area contributed by atoms with Crippen molar-refractivity contribution in [3.8, 4) is 0 Å². The lowest BCUT2D eigenvalue weighted by atomic mass is 9.94. The number of rotatable bonds is 13. The van der Waals surface area contributed by atoms with Crippen LogP contribution in [0.25, 0.3) is 0 Å². The minimum Gasteiger partial charge on any atom is -0.397 e. The molecule has 0 saturated carbocycles. The fraction of sp³-hybridized carbons (Fsp3) is 0.444. The summed E-state index contributed by atoms with van der Waals surface area (Å²) in [5.74, 6) is -1.79. The van der Waals surface area contributed by atoms with Crippen molar-refractivity contribution < 1.29 is 28.4 Å². The van der Waals surface area contributed by atoms with Gasteiger partial charge in [-0.1, -0.05) is 125 Å². The Balaban J connectivity index is 1.28. The summed E-state index contributed by atoms with van der Waals surface area (Å²) in [4.78, 5) is 70.6. The number of nitrogens with zero attached hydrogens (tertiary/aromatic N) is 1. The number of benzene rings is 3. The van der Waals surface area contributed by atoms with Crippen LogP contribution in [0.3, 0.4) is 0 Å². The maximum Gasteiger partial charge on any atom is 0.262 e. The highest BCUT2D eigenvalue weighted by Crippen LogP contribution is 2.37. The highest BCUT2D eigenvalue weighted by Gasteiger charge is 2.51. The van der Waals surface area contributed by atoms with Gasteiger partial charge in [0.05, 0.1) is 0 Å². The molecule has 0 radical (unpaired) electrons. The van der Waals surface area contributed by atoms with Crippen molar-refractivity contribution in [3.63, 3.8) is 0 Å². The molecule has 3 N–H and O–H groups in total. The van der Waals surface area contributed by atoms with Gasteiger partial charge in [-0.05, 0) is 79.4 Å². The van der Waals surface area contributed by atoms with Crippen LogP contribution in [-0.2, 0) is 34.8 Å². The topological polar surface area (TPSA) is 134 Å². The van der Waals surface area contributed by atoms with Crippen molar-refractivity contribution >= 4 is 48.1 Å². The number of hydrogen-bond acceptors (Lipinski definition) is 6. The van der Waals surface area contributed by atoms with Crippen molar-refractivity contribution in [2.24, 2.45) is 0 Å². The highest BCUT2D eigenvalue weighted by molar-refractivity contribution is 6.99. The first-order valence-electron chi connectivity index (χ1n) is 20.0. The number of nitrogens with one attached hydrogen (secondary N) is 3. The number of carbonyl (C=O) groups is 5. The Bertz CT molecular complexity index is 1830. The van der Waals surface area contributed by atoms with E-state index < -0.39 is 49.9 Å². The maximum absolute atomic E-state index is 14.0. The summed E-state index contributed by atoms with van der Waals surface area (Å²) in [6.07, 6.45) is 5.46. The molecule has 10 nitrogen and oxygen atoms in total. The molecule has 298 valence electrons. The van der Waals surface area contributed by atoms with Crippen LogP contribution in [0.2, 0.25) is 5.04 Å². The molecule has 0 aromatic heterocycles. The van der Waals surface area contributed by atoms with Gasteiger partial charge in [0.15, 0.2) is 5.78 Å². The Labute approximate surface area is 333 Å². The molecule has 0 bridgehead atoms. The fourth-order valence-corrected chi connectivity index (χ4v) is 12.5. The van der Waals surface area contributed by atoms with E-state index in [4.69, 9.17) is 4.43 Å². The van der Waals surface area contributed by atoms with Crippen molar-refractivity contribution in [1.82, 2.24) is 20.9 Å². The molecule has 3 aromatic rings. The van der Waals surface area contributed by atoms with Crippen molar-refractivity contribution in [1.29, 1.82) is 0 Å². The Morgan fingerprint density at radius 1 is 0.893 bits per heavy atom. The van der Waals surface area contributed by atoms with Gasteiger partial charge in [0.2, 0.25) is 23.6 Å². The molecule has 0 aliphatic carbocycles. The van der Waals surface area contributed by atoms with E-state index in [-0.39, 0.29) is 41.9 Å². The third kappa shape index (κ3) is 9.56. The molecule has 4 amide bonds. The molecule has 2 aliphatic rings. The second-order valence-corrected chi connectivity index (χ2v) is 20.6. The summed E-state index contributed by atoms with van der Waals surface area (Å²) in [5.41, 5.74) is -0.454. The normalized spacial score (nSPS) is 23.0. The SMILES string of the molecule is CC[C@@]1(C)NC(=O)[C@H](CCC/C=C/C(=O)[C@H](C)O[Si](c2ccccc2)(c2ccccc2)C(C)(C)C)NC(=O)[C@H]2CCCN2C(=O)[C@H](Cc2ccccc2)NC1=O. The highest BCUT2D eigenvalue weighted by atomic mass is 28.4. The standard InChI is InChI=1S/C45H58N4O6Si/c1-7-45(6)43(54)47-37(31-33-21-12-8-13-22-33)42(53)49-30-20-28-38(49)41(52)46-36(40(51)48-45)27-18-11-19-29-39(50)32(2)55-56(44(3,4)5,34-23-14-9-15-24-34)35-25-16-10-17-26-35/h8-10,12-17,19,21-26,29,32,36-38H,7,11,18,20,27-28,30-31H2,1-6H3,(H,46,52)(H,47,54)(H,48,51)/b29-19+/t32-,36-,37-,38+,45+/m0/s1. The van der Waals surface area contributed by atoms with Crippen LogP contribution in [0.4, 0.5) is 0 Å². The first kappa shape index (κ1) is 42.3. The molecule has 11 heteroatoms. The van der Waals surface area contributed by atoms with Gasteiger partial charge in [0.25, 0.3) is 8.32 Å². The first-order valence-corrected chi connectivity index (χ1v) is 21.9. The summed E-state index contributed by atoms with van der Waals surface area (Å²) in [6, 6.07) is 27.2. The summed E-state index contributed by atoms with van der Waals surface area (Å²) >= 11 is 0. The van der Waals surface area contributed by atoms with Gasteiger partial charge >= 0.3 is 0 Å². The van der Waals surface area contributed by atoms with Gasteiger partial charge in [-0.25, -0.2) is 0 Å². The molecule has 2 fully saturated rings. The van der Waals surface area contributed by atoms with E-state index in [0.29, 0.717) is 32.2 Å². The quantitative estimate of drug-likeness (QED) is 0.130. The average molecular weight is 779 g/mol. The molecule has 2 aliphatic heterocycles. The van der Waals surface area contributed by atoms with Crippen molar-refractivity contribution in [3.05, 3.63) is 109 Å². The fourth-order valence-electron chi connectivity index (χ4n) is 7.86. The van der Waals surface area contributed by atoms with E-state index in [0.717, 1.165) is 15.9 Å². The lowest BCUT2D eigenvalue weighted by molar-refractivity contribution is -0.144. The number of hydrogen-bond donors (Lipinski definition) is 3. The van der Waals surface area contributed by atoms with Crippen LogP contribution < -0.4 is 26.3 Å². The first-order chi connectivity index (χ1) is 26.7. The van der Waals surface area contributed by atoms with Gasteiger partial charge in [-0.15, -0.1) is 0 Å². The van der Waals surface area contributed by atoms with Gasteiger partial charge in [-0.2, -0.15) is 0 Å². The molecule has 0 unspecified atom stereocenters. The van der Waals surface area contributed by atoms with E-state index in [1.54, 1.807) is 37.8 Å². The number of ketones is 1. The zero-order valence-corrected chi connectivity index (χ0v) is 34.7. The zero-order chi connectivity index (χ0) is 40.5. The number of allylic oxidation sites excluding steroid dienone is 1. The van der Waals surface area contributed by atoms with E-state index in [1.165, 1.54) is 0 Å². The monoisotopic (exact) mass is 778 g/mol. The number of unbranched alkanes of at least 4 members (excludes halogenated alkanes) is 1. The van der Waals surface area contributed by atoms with Crippen LogP contribution in [0.15, 0.2) is 103 Å². The van der Waals surface area contributed by atoms with Gasteiger partial charge in [0, 0.05) is 13.0 Å². The maximum atomic E-state index is 14.0. The zero-order valence-electron chi connectivity index (χ0n) is 33.7. The van der Waals surface area contributed by atoms with Crippen LogP contribution in [0, 0.1) is 0 Å². The molecule has 5 atom stereocenters. The average Bonchev–Trinajstić information content (AvgIpc) is 3.69. The molecule has 5 rings (SSSR count). The lowest BCUT2D eigenvalue weighted by Crippen LogP contribution is -2.68. The number of amides is 4. The summed E-state index contributed by atoms with van der Waals surface area (Å²) < 4.78 is 6.98. The predicted octanol–water partition coefficient (Wildman–Crippen LogP) is 4.75. The number of carbonyl (C=O) groups excluding carboxylic acids is 5. The Kier molecular flexibility index (Phi) is 13.9. The van der Waals surface area contributed by atoms with E-state index in [9.17, 15) is 24.0 Å². The predicted molar refractivity (Wildman–Crippen MR) is 222 cm³/mol. The van der Waals surface area contributed by atoms with Gasteiger partial charge in [0.1, 0.15) is 29.8 Å². The molecule has 3 aromatic carbocycles. The number of fused-ring (bicyclic) bond motifs is 1. The van der Waals surface area contributed by atoms with Crippen molar-refractivity contribution in [2.75, 3.05) is 6.54 Å². The van der Waals surface area contributed by atoms with E-state index >= 15 is 0 Å². The molecular formula is C45H58N4O6Si. The van der Waals surface area contributed by atoms with Crippen LogP contribution >= 0.6 is 0 Å². The second kappa shape index (κ2) is 18.4. The van der Waals surface area contributed by atoms with E-state index in [1.807, 2.05) is 66.7 Å².